The molecule has 0 unspecified atom stereocenters. The second-order valence-corrected chi connectivity index (χ2v) is 7.77. The van der Waals surface area contributed by atoms with Crippen LogP contribution in [0.1, 0.15) is 73.1 Å². The topological polar surface area (TPSA) is 68.8 Å². The number of hydrogen-bond acceptors (Lipinski definition) is 3. The van der Waals surface area contributed by atoms with Crippen LogP contribution >= 0.6 is 24.0 Å². The standard InChI is InChI=1S/C20H41N5O.HI/c1-6-21-20(23-14-15-25(16(2)3)17(4)5)22-13-12-19(26)24-18-10-8-7-9-11-18;/h16-18H,6-15H2,1-5H3,(H,24,26)(H2,21,22,23);1H. The molecule has 0 atom stereocenters. The van der Waals surface area contributed by atoms with Crippen LogP contribution in [0.2, 0.25) is 0 Å². The fraction of sp³-hybridized carbons (Fsp3) is 0.900. The summed E-state index contributed by atoms with van der Waals surface area (Å²) in [4.78, 5) is 19.2. The number of hydrogen-bond donors (Lipinski definition) is 3. The molecule has 27 heavy (non-hydrogen) atoms. The van der Waals surface area contributed by atoms with Crippen molar-refractivity contribution in [3.8, 4) is 0 Å². The summed E-state index contributed by atoms with van der Waals surface area (Å²) < 4.78 is 0. The highest BCUT2D eigenvalue weighted by Gasteiger charge is 2.15. The molecule has 1 amide bonds. The molecule has 1 aliphatic carbocycles. The zero-order chi connectivity index (χ0) is 19.4. The Morgan fingerprint density at radius 3 is 2.26 bits per heavy atom. The lowest BCUT2D eigenvalue weighted by Gasteiger charge is -2.29. The Bertz CT molecular complexity index is 415. The maximum absolute atomic E-state index is 12.1. The second kappa shape index (κ2) is 15.4. The number of aliphatic imine (C=N–C) groups is 1. The van der Waals surface area contributed by atoms with Gasteiger partial charge in [0.25, 0.3) is 0 Å². The summed E-state index contributed by atoms with van der Waals surface area (Å²) in [5.41, 5.74) is 0. The van der Waals surface area contributed by atoms with Crippen molar-refractivity contribution < 1.29 is 4.79 Å². The number of amides is 1. The Hall–Kier alpha value is -0.570. The fourth-order valence-corrected chi connectivity index (χ4v) is 3.57. The minimum Gasteiger partial charge on any atom is -0.357 e. The van der Waals surface area contributed by atoms with Crippen molar-refractivity contribution in [2.75, 3.05) is 26.2 Å². The molecule has 1 saturated carbocycles. The van der Waals surface area contributed by atoms with Crippen LogP contribution in [-0.2, 0) is 4.79 Å². The van der Waals surface area contributed by atoms with Gasteiger partial charge in [-0.25, -0.2) is 0 Å². The van der Waals surface area contributed by atoms with E-state index in [1.165, 1.54) is 19.3 Å². The first-order chi connectivity index (χ1) is 12.4. The van der Waals surface area contributed by atoms with Crippen LogP contribution in [0.25, 0.3) is 0 Å². The van der Waals surface area contributed by atoms with Gasteiger partial charge in [-0.05, 0) is 47.5 Å². The Morgan fingerprint density at radius 2 is 1.70 bits per heavy atom. The van der Waals surface area contributed by atoms with E-state index in [-0.39, 0.29) is 29.9 Å². The summed E-state index contributed by atoms with van der Waals surface area (Å²) in [6.07, 6.45) is 6.54. The second-order valence-electron chi connectivity index (χ2n) is 7.77. The number of nitrogens with one attached hydrogen (secondary N) is 3. The van der Waals surface area contributed by atoms with Gasteiger partial charge < -0.3 is 16.0 Å². The van der Waals surface area contributed by atoms with Gasteiger partial charge in [-0.15, -0.1) is 24.0 Å². The lowest BCUT2D eigenvalue weighted by atomic mass is 9.95. The SMILES string of the molecule is CCNC(=NCCN(C(C)C)C(C)C)NCCC(=O)NC1CCCCC1.I. The number of carbonyl (C=O) groups excluding carboxylic acids is 1. The van der Waals surface area contributed by atoms with Crippen molar-refractivity contribution >= 4 is 35.8 Å². The summed E-state index contributed by atoms with van der Waals surface area (Å²) in [5.74, 6) is 0.941. The third-order valence-electron chi connectivity index (χ3n) is 4.91. The number of nitrogens with zero attached hydrogens (tertiary/aromatic N) is 2. The van der Waals surface area contributed by atoms with Gasteiger partial charge in [0.15, 0.2) is 5.96 Å². The van der Waals surface area contributed by atoms with Gasteiger partial charge in [0.05, 0.1) is 6.54 Å². The van der Waals surface area contributed by atoms with E-state index < -0.39 is 0 Å². The van der Waals surface area contributed by atoms with Crippen molar-refractivity contribution in [1.29, 1.82) is 0 Å². The Balaban J connectivity index is 0.00000676. The average molecular weight is 495 g/mol. The van der Waals surface area contributed by atoms with Crippen LogP contribution in [0, 0.1) is 0 Å². The molecule has 0 aromatic rings. The third-order valence-corrected chi connectivity index (χ3v) is 4.91. The van der Waals surface area contributed by atoms with E-state index in [2.05, 4.69) is 60.5 Å². The minimum absolute atomic E-state index is 0. The van der Waals surface area contributed by atoms with Crippen molar-refractivity contribution in [3.05, 3.63) is 0 Å². The first kappa shape index (κ1) is 26.4. The molecular weight excluding hydrogens is 453 g/mol. The number of halogens is 1. The Morgan fingerprint density at radius 1 is 1.07 bits per heavy atom. The van der Waals surface area contributed by atoms with Gasteiger partial charge in [-0.2, -0.15) is 0 Å². The summed E-state index contributed by atoms with van der Waals surface area (Å²) in [6, 6.07) is 1.42. The van der Waals surface area contributed by atoms with Crippen LogP contribution < -0.4 is 16.0 Å². The lowest BCUT2D eigenvalue weighted by molar-refractivity contribution is -0.121. The van der Waals surface area contributed by atoms with Crippen molar-refractivity contribution in [3.63, 3.8) is 0 Å². The van der Waals surface area contributed by atoms with Gasteiger partial charge in [0, 0.05) is 44.2 Å². The molecule has 1 fully saturated rings. The Labute approximate surface area is 183 Å². The molecule has 160 valence electrons. The first-order valence-electron chi connectivity index (χ1n) is 10.5. The number of rotatable bonds is 10. The molecule has 0 aliphatic heterocycles. The zero-order valence-electron chi connectivity index (χ0n) is 18.0. The maximum Gasteiger partial charge on any atom is 0.221 e. The van der Waals surface area contributed by atoms with Crippen LogP contribution in [0.15, 0.2) is 4.99 Å². The van der Waals surface area contributed by atoms with Crippen molar-refractivity contribution in [2.24, 2.45) is 4.99 Å². The number of carbonyl (C=O) groups is 1. The molecule has 7 heteroatoms. The largest absolute Gasteiger partial charge is 0.357 e. The van der Waals surface area contributed by atoms with Crippen LogP contribution in [0.5, 0.6) is 0 Å². The third kappa shape index (κ3) is 11.8. The van der Waals surface area contributed by atoms with Gasteiger partial charge in [-0.1, -0.05) is 19.3 Å². The summed E-state index contributed by atoms with van der Waals surface area (Å²) in [6.45, 7) is 14.1. The monoisotopic (exact) mass is 495 g/mol. The number of guanidine groups is 1. The molecule has 0 aromatic carbocycles. The average Bonchev–Trinajstić information content (AvgIpc) is 2.58. The van der Waals surface area contributed by atoms with Crippen molar-refractivity contribution in [2.45, 2.75) is 91.3 Å². The predicted octanol–water partition coefficient (Wildman–Crippen LogP) is 3.12. The van der Waals surface area contributed by atoms with E-state index in [1.807, 2.05) is 0 Å². The highest BCUT2D eigenvalue weighted by atomic mass is 127. The Kier molecular flexibility index (Phi) is 15.0. The van der Waals surface area contributed by atoms with E-state index in [0.29, 0.717) is 31.1 Å². The fourth-order valence-electron chi connectivity index (χ4n) is 3.57. The molecule has 0 heterocycles. The maximum atomic E-state index is 12.1. The summed E-state index contributed by atoms with van der Waals surface area (Å²) in [5, 5.41) is 9.70. The first-order valence-corrected chi connectivity index (χ1v) is 10.5. The molecule has 0 bridgehead atoms. The van der Waals surface area contributed by atoms with Gasteiger partial charge in [0.2, 0.25) is 5.91 Å². The van der Waals surface area contributed by atoms with E-state index in [4.69, 9.17) is 0 Å². The highest BCUT2D eigenvalue weighted by Crippen LogP contribution is 2.17. The van der Waals surface area contributed by atoms with Crippen LogP contribution in [0.4, 0.5) is 0 Å². The van der Waals surface area contributed by atoms with E-state index in [1.54, 1.807) is 0 Å². The van der Waals surface area contributed by atoms with Crippen LogP contribution in [-0.4, -0.2) is 61.1 Å². The zero-order valence-corrected chi connectivity index (χ0v) is 20.3. The predicted molar refractivity (Wildman–Crippen MR) is 126 cm³/mol. The smallest absolute Gasteiger partial charge is 0.221 e. The molecule has 0 aromatic heterocycles. The molecule has 1 aliphatic rings. The van der Waals surface area contributed by atoms with Gasteiger partial charge >= 0.3 is 0 Å². The molecule has 0 spiro atoms. The quantitative estimate of drug-likeness (QED) is 0.248. The van der Waals surface area contributed by atoms with E-state index in [9.17, 15) is 4.79 Å². The normalized spacial score (nSPS) is 15.8. The highest BCUT2D eigenvalue weighted by molar-refractivity contribution is 14.0. The summed E-state index contributed by atoms with van der Waals surface area (Å²) in [7, 11) is 0. The summed E-state index contributed by atoms with van der Waals surface area (Å²) >= 11 is 0. The van der Waals surface area contributed by atoms with E-state index >= 15 is 0 Å². The molecular formula is C20H42IN5O. The molecule has 0 radical (unpaired) electrons. The minimum atomic E-state index is 0. The van der Waals surface area contributed by atoms with Crippen molar-refractivity contribution in [1.82, 2.24) is 20.9 Å². The molecule has 6 nitrogen and oxygen atoms in total. The van der Waals surface area contributed by atoms with Gasteiger partial charge in [0.1, 0.15) is 0 Å². The lowest BCUT2D eigenvalue weighted by Crippen LogP contribution is -2.42. The molecule has 3 N–H and O–H groups in total. The molecule has 1 rings (SSSR count). The van der Waals surface area contributed by atoms with Crippen LogP contribution in [0.3, 0.4) is 0 Å². The van der Waals surface area contributed by atoms with E-state index in [0.717, 1.165) is 38.4 Å². The van der Waals surface area contributed by atoms with Gasteiger partial charge in [-0.3, -0.25) is 14.7 Å². The molecule has 0 saturated heterocycles.